The zero-order valence-electron chi connectivity index (χ0n) is 15.9. The first-order valence-corrected chi connectivity index (χ1v) is 9.79. The third-order valence-electron chi connectivity index (χ3n) is 4.40. The van der Waals surface area contributed by atoms with Gasteiger partial charge in [0.25, 0.3) is 5.91 Å². The molecule has 7 nitrogen and oxygen atoms in total. The largest absolute Gasteiger partial charge is 0.493 e. The van der Waals surface area contributed by atoms with Gasteiger partial charge in [-0.2, -0.15) is 0 Å². The van der Waals surface area contributed by atoms with Gasteiger partial charge in [0.05, 0.1) is 27.2 Å². The van der Waals surface area contributed by atoms with Crippen LogP contribution < -0.4 is 19.5 Å². The van der Waals surface area contributed by atoms with Crippen LogP contribution in [0.25, 0.3) is 0 Å². The number of carbonyl (C=O) groups is 2. The summed E-state index contributed by atoms with van der Waals surface area (Å²) in [6.45, 7) is 0. The van der Waals surface area contributed by atoms with Gasteiger partial charge in [-0.15, -0.1) is 11.8 Å². The number of benzene rings is 2. The summed E-state index contributed by atoms with van der Waals surface area (Å²) in [6.07, 6.45) is 0. The highest BCUT2D eigenvalue weighted by molar-refractivity contribution is 7.99. The van der Waals surface area contributed by atoms with Gasteiger partial charge in [0.15, 0.2) is 11.5 Å². The van der Waals surface area contributed by atoms with Gasteiger partial charge in [0.1, 0.15) is 6.04 Å². The monoisotopic (exact) mass is 402 g/mol. The first-order valence-electron chi connectivity index (χ1n) is 8.63. The van der Waals surface area contributed by atoms with Crippen LogP contribution in [0.5, 0.6) is 17.2 Å². The number of nitrogens with one attached hydrogen (secondary N) is 1. The minimum Gasteiger partial charge on any atom is -0.493 e. The van der Waals surface area contributed by atoms with Gasteiger partial charge in [-0.1, -0.05) is 18.2 Å². The van der Waals surface area contributed by atoms with Crippen LogP contribution >= 0.6 is 11.8 Å². The Bertz CT molecular complexity index is 834. The summed E-state index contributed by atoms with van der Waals surface area (Å²) < 4.78 is 15.9. The summed E-state index contributed by atoms with van der Waals surface area (Å²) in [4.78, 5) is 27.2. The molecule has 0 unspecified atom stereocenters. The van der Waals surface area contributed by atoms with Crippen LogP contribution in [-0.2, 0) is 4.79 Å². The number of rotatable bonds is 6. The molecular weight excluding hydrogens is 380 g/mol. The highest BCUT2D eigenvalue weighted by Gasteiger charge is 2.35. The number of nitrogens with zero attached hydrogens (tertiary/aromatic N) is 1. The van der Waals surface area contributed by atoms with E-state index in [2.05, 4.69) is 5.32 Å². The molecule has 8 heteroatoms. The summed E-state index contributed by atoms with van der Waals surface area (Å²) >= 11 is 1.55. The average molecular weight is 402 g/mol. The van der Waals surface area contributed by atoms with E-state index < -0.39 is 6.04 Å². The molecule has 148 valence electrons. The molecule has 2 amide bonds. The molecule has 0 radical (unpaired) electrons. The Balaban J connectivity index is 1.79. The quantitative estimate of drug-likeness (QED) is 0.801. The SMILES string of the molecule is COc1cc(NC(=O)[C@@H]2CSCN2C(=O)c2ccccc2)cc(OC)c1OC. The summed E-state index contributed by atoms with van der Waals surface area (Å²) in [5.74, 6) is 1.92. The maximum absolute atomic E-state index is 12.9. The topological polar surface area (TPSA) is 77.1 Å². The zero-order valence-corrected chi connectivity index (χ0v) is 16.7. The van der Waals surface area contributed by atoms with E-state index in [0.717, 1.165) is 0 Å². The minimum atomic E-state index is -0.559. The van der Waals surface area contributed by atoms with Gasteiger partial charge >= 0.3 is 0 Å². The number of methoxy groups -OCH3 is 3. The molecule has 1 saturated heterocycles. The normalized spacial score (nSPS) is 15.8. The number of ether oxygens (including phenoxy) is 3. The molecule has 1 heterocycles. The van der Waals surface area contributed by atoms with E-state index in [-0.39, 0.29) is 11.8 Å². The number of hydrogen-bond acceptors (Lipinski definition) is 6. The molecule has 2 aromatic carbocycles. The Kier molecular flexibility index (Phi) is 6.30. The molecule has 0 spiro atoms. The van der Waals surface area contributed by atoms with E-state index in [1.54, 1.807) is 53.1 Å². The van der Waals surface area contributed by atoms with Gasteiger partial charge in [0.2, 0.25) is 11.7 Å². The lowest BCUT2D eigenvalue weighted by Gasteiger charge is -2.23. The number of anilines is 1. The van der Waals surface area contributed by atoms with Crippen LogP contribution in [0.4, 0.5) is 5.69 Å². The molecule has 0 aromatic heterocycles. The molecule has 1 N–H and O–H groups in total. The Hall–Kier alpha value is -2.87. The van der Waals surface area contributed by atoms with Crippen molar-refractivity contribution in [1.82, 2.24) is 4.90 Å². The highest BCUT2D eigenvalue weighted by atomic mass is 32.2. The predicted molar refractivity (Wildman–Crippen MR) is 108 cm³/mol. The number of amides is 2. The van der Waals surface area contributed by atoms with Crippen molar-refractivity contribution in [3.8, 4) is 17.2 Å². The van der Waals surface area contributed by atoms with Gasteiger partial charge in [-0.25, -0.2) is 0 Å². The van der Waals surface area contributed by atoms with E-state index >= 15 is 0 Å². The number of hydrogen-bond donors (Lipinski definition) is 1. The van der Waals surface area contributed by atoms with Crippen LogP contribution in [0.3, 0.4) is 0 Å². The molecule has 28 heavy (non-hydrogen) atoms. The lowest BCUT2D eigenvalue weighted by atomic mass is 10.1. The van der Waals surface area contributed by atoms with Crippen LogP contribution in [0, 0.1) is 0 Å². The fraction of sp³-hybridized carbons (Fsp3) is 0.300. The second kappa shape index (κ2) is 8.88. The lowest BCUT2D eigenvalue weighted by Crippen LogP contribution is -2.44. The molecule has 1 atom stereocenters. The van der Waals surface area contributed by atoms with Crippen LogP contribution in [0.15, 0.2) is 42.5 Å². The second-order valence-corrected chi connectivity index (χ2v) is 7.06. The van der Waals surface area contributed by atoms with Gasteiger partial charge in [0, 0.05) is 29.1 Å². The van der Waals surface area contributed by atoms with Gasteiger partial charge in [-0.3, -0.25) is 9.59 Å². The summed E-state index contributed by atoms with van der Waals surface area (Å²) in [5, 5.41) is 2.86. The minimum absolute atomic E-state index is 0.157. The molecule has 1 aliphatic rings. The highest BCUT2D eigenvalue weighted by Crippen LogP contribution is 2.40. The van der Waals surface area contributed by atoms with E-state index in [1.165, 1.54) is 21.3 Å². The molecule has 0 saturated carbocycles. The molecule has 3 rings (SSSR count). The predicted octanol–water partition coefficient (Wildman–Crippen LogP) is 2.87. The fourth-order valence-electron chi connectivity index (χ4n) is 2.99. The van der Waals surface area contributed by atoms with Gasteiger partial charge < -0.3 is 24.4 Å². The van der Waals surface area contributed by atoms with E-state index in [0.29, 0.717) is 40.1 Å². The molecule has 0 aliphatic carbocycles. The second-order valence-electron chi connectivity index (χ2n) is 6.06. The molecule has 1 aliphatic heterocycles. The molecule has 2 aromatic rings. The van der Waals surface area contributed by atoms with Crippen LogP contribution in [0.1, 0.15) is 10.4 Å². The Morgan fingerprint density at radius 3 is 2.25 bits per heavy atom. The van der Waals surface area contributed by atoms with Crippen molar-refractivity contribution in [2.75, 3.05) is 38.3 Å². The van der Waals surface area contributed by atoms with Crippen molar-refractivity contribution in [3.05, 3.63) is 48.0 Å². The van der Waals surface area contributed by atoms with Crippen molar-refractivity contribution >= 4 is 29.3 Å². The van der Waals surface area contributed by atoms with Crippen LogP contribution in [-0.4, -0.2) is 55.7 Å². The molecule has 1 fully saturated rings. The van der Waals surface area contributed by atoms with Crippen molar-refractivity contribution in [2.24, 2.45) is 0 Å². The van der Waals surface area contributed by atoms with E-state index in [1.807, 2.05) is 6.07 Å². The number of thioether (sulfide) groups is 1. The smallest absolute Gasteiger partial charge is 0.255 e. The standard InChI is InChI=1S/C20H22N2O5S/c1-25-16-9-14(10-17(26-2)18(16)27-3)21-19(23)15-11-28-12-22(15)20(24)13-7-5-4-6-8-13/h4-10,15H,11-12H2,1-3H3,(H,21,23)/t15-/m0/s1. The van der Waals surface area contributed by atoms with Crippen molar-refractivity contribution in [3.63, 3.8) is 0 Å². The fourth-order valence-corrected chi connectivity index (χ4v) is 4.14. The Morgan fingerprint density at radius 2 is 1.68 bits per heavy atom. The van der Waals surface area contributed by atoms with Crippen molar-refractivity contribution in [1.29, 1.82) is 0 Å². The summed E-state index contributed by atoms with van der Waals surface area (Å²) in [7, 11) is 4.54. The zero-order chi connectivity index (χ0) is 20.1. The first-order chi connectivity index (χ1) is 13.6. The molecule has 0 bridgehead atoms. The maximum atomic E-state index is 12.9. The lowest BCUT2D eigenvalue weighted by molar-refractivity contribution is -0.119. The summed E-state index contributed by atoms with van der Waals surface area (Å²) in [6, 6.07) is 11.7. The average Bonchev–Trinajstić information content (AvgIpc) is 3.23. The van der Waals surface area contributed by atoms with Gasteiger partial charge in [-0.05, 0) is 12.1 Å². The Labute approximate surface area is 167 Å². The third kappa shape index (κ3) is 4.01. The van der Waals surface area contributed by atoms with Crippen LogP contribution in [0.2, 0.25) is 0 Å². The van der Waals surface area contributed by atoms with Crippen molar-refractivity contribution < 1.29 is 23.8 Å². The first kappa shape index (κ1) is 19.9. The van der Waals surface area contributed by atoms with E-state index in [9.17, 15) is 9.59 Å². The number of carbonyl (C=O) groups excluding carboxylic acids is 2. The Morgan fingerprint density at radius 1 is 1.04 bits per heavy atom. The molecular formula is C20H22N2O5S. The van der Waals surface area contributed by atoms with E-state index in [4.69, 9.17) is 14.2 Å². The maximum Gasteiger partial charge on any atom is 0.255 e. The third-order valence-corrected chi connectivity index (χ3v) is 5.41. The van der Waals surface area contributed by atoms with Crippen molar-refractivity contribution in [2.45, 2.75) is 6.04 Å². The summed E-state index contributed by atoms with van der Waals surface area (Å²) in [5.41, 5.74) is 1.07.